The Hall–Kier alpha value is -1.89. The number of rotatable bonds is 4. The molecule has 1 fully saturated rings. The van der Waals surface area contributed by atoms with Gasteiger partial charge in [0.2, 0.25) is 11.8 Å². The maximum absolute atomic E-state index is 12.2. The van der Waals surface area contributed by atoms with Crippen molar-refractivity contribution in [3.63, 3.8) is 0 Å². The van der Waals surface area contributed by atoms with E-state index < -0.39 is 5.54 Å². The van der Waals surface area contributed by atoms with Crippen LogP contribution in [-0.4, -0.2) is 41.0 Å². The van der Waals surface area contributed by atoms with Gasteiger partial charge in [-0.15, -0.1) is 0 Å². The van der Waals surface area contributed by atoms with Gasteiger partial charge >= 0.3 is 0 Å². The Labute approximate surface area is 117 Å². The molecule has 0 saturated heterocycles. The minimum atomic E-state index is -0.806. The van der Waals surface area contributed by atoms with Crippen LogP contribution in [0.4, 0.5) is 5.82 Å². The second-order valence-electron chi connectivity index (χ2n) is 5.40. The van der Waals surface area contributed by atoms with Crippen molar-refractivity contribution in [2.75, 3.05) is 18.9 Å². The van der Waals surface area contributed by atoms with Crippen LogP contribution in [0.25, 0.3) is 0 Å². The summed E-state index contributed by atoms with van der Waals surface area (Å²) in [6, 6.07) is 1.61. The molecule has 0 radical (unpaired) electrons. The Bertz CT molecular complexity index is 505. The lowest BCUT2D eigenvalue weighted by molar-refractivity contribution is -0.138. The van der Waals surface area contributed by atoms with Gasteiger partial charge in [0.25, 0.3) is 0 Å². The molecule has 0 atom stereocenters. The predicted molar refractivity (Wildman–Crippen MR) is 72.9 cm³/mol. The van der Waals surface area contributed by atoms with Gasteiger partial charge in [0.1, 0.15) is 5.76 Å². The zero-order chi connectivity index (χ0) is 14.8. The molecular formula is C13H20N4O3. The largest absolute Gasteiger partial charge is 0.360 e. The first-order chi connectivity index (χ1) is 9.40. The van der Waals surface area contributed by atoms with Crippen LogP contribution in [0.15, 0.2) is 10.6 Å². The van der Waals surface area contributed by atoms with Crippen molar-refractivity contribution in [1.29, 1.82) is 0 Å². The lowest BCUT2D eigenvalue weighted by Gasteiger charge is -2.28. The van der Waals surface area contributed by atoms with E-state index >= 15 is 0 Å². The number of aryl methyl sites for hydroxylation is 1. The van der Waals surface area contributed by atoms with Gasteiger partial charge in [-0.3, -0.25) is 9.59 Å². The van der Waals surface area contributed by atoms with Crippen molar-refractivity contribution in [2.24, 2.45) is 5.73 Å². The average molecular weight is 280 g/mol. The van der Waals surface area contributed by atoms with Crippen LogP contribution >= 0.6 is 0 Å². The van der Waals surface area contributed by atoms with Gasteiger partial charge in [-0.05, 0) is 19.8 Å². The van der Waals surface area contributed by atoms with Crippen molar-refractivity contribution in [3.8, 4) is 0 Å². The van der Waals surface area contributed by atoms with E-state index in [0.717, 1.165) is 12.8 Å². The smallest absolute Gasteiger partial charge is 0.245 e. The number of anilines is 1. The summed E-state index contributed by atoms with van der Waals surface area (Å²) in [5.74, 6) is 0.450. The molecule has 2 rings (SSSR count). The Morgan fingerprint density at radius 1 is 1.50 bits per heavy atom. The Morgan fingerprint density at radius 2 is 2.15 bits per heavy atom. The molecular weight excluding hydrogens is 260 g/mol. The number of hydrogen-bond acceptors (Lipinski definition) is 5. The van der Waals surface area contributed by atoms with Crippen LogP contribution < -0.4 is 11.1 Å². The third-order valence-corrected chi connectivity index (χ3v) is 3.54. The van der Waals surface area contributed by atoms with E-state index in [9.17, 15) is 9.59 Å². The summed E-state index contributed by atoms with van der Waals surface area (Å²) < 4.78 is 4.85. The Morgan fingerprint density at radius 3 is 2.70 bits per heavy atom. The van der Waals surface area contributed by atoms with Gasteiger partial charge in [0.15, 0.2) is 5.82 Å². The van der Waals surface area contributed by atoms with Crippen molar-refractivity contribution >= 4 is 17.6 Å². The molecule has 3 N–H and O–H groups in total. The van der Waals surface area contributed by atoms with Crippen LogP contribution in [0.5, 0.6) is 0 Å². The summed E-state index contributed by atoms with van der Waals surface area (Å²) in [6.45, 7) is 1.68. The molecule has 0 bridgehead atoms. The van der Waals surface area contributed by atoms with Crippen molar-refractivity contribution in [1.82, 2.24) is 10.1 Å². The van der Waals surface area contributed by atoms with Gasteiger partial charge in [-0.2, -0.15) is 0 Å². The number of nitrogens with two attached hydrogens (primary N) is 1. The van der Waals surface area contributed by atoms with E-state index in [-0.39, 0.29) is 18.4 Å². The molecule has 110 valence electrons. The molecule has 1 aromatic rings. The zero-order valence-corrected chi connectivity index (χ0v) is 11.8. The molecule has 1 heterocycles. The van der Waals surface area contributed by atoms with E-state index in [0.29, 0.717) is 24.4 Å². The highest BCUT2D eigenvalue weighted by Crippen LogP contribution is 2.28. The first kappa shape index (κ1) is 14.5. The molecule has 0 unspecified atom stereocenters. The van der Waals surface area contributed by atoms with Crippen molar-refractivity contribution in [2.45, 2.75) is 38.1 Å². The number of carbonyl (C=O) groups excluding carboxylic acids is 2. The molecule has 1 saturated carbocycles. The van der Waals surface area contributed by atoms with Gasteiger partial charge < -0.3 is 20.5 Å². The third kappa shape index (κ3) is 3.16. The van der Waals surface area contributed by atoms with Gasteiger partial charge in [0.05, 0.1) is 12.1 Å². The Kier molecular flexibility index (Phi) is 4.08. The number of carbonyl (C=O) groups is 2. The minimum Gasteiger partial charge on any atom is -0.360 e. The first-order valence-electron chi connectivity index (χ1n) is 6.68. The molecule has 1 aliphatic carbocycles. The molecule has 2 amide bonds. The molecule has 1 aromatic heterocycles. The quantitative estimate of drug-likeness (QED) is 0.843. The number of aromatic nitrogens is 1. The maximum Gasteiger partial charge on any atom is 0.245 e. The summed E-state index contributed by atoms with van der Waals surface area (Å²) >= 11 is 0. The Balaban J connectivity index is 1.88. The van der Waals surface area contributed by atoms with Crippen LogP contribution in [0.1, 0.15) is 31.4 Å². The number of nitrogens with one attached hydrogen (secondary N) is 1. The standard InChI is InChI=1S/C13H20N4O3/c1-9-7-10(16-20-9)15-11(18)8-17(2)12(19)13(14)5-3-4-6-13/h7H,3-6,8,14H2,1-2H3,(H,15,16,18). The minimum absolute atomic E-state index is 0.0519. The highest BCUT2D eigenvalue weighted by molar-refractivity contribution is 5.95. The number of hydrogen-bond donors (Lipinski definition) is 2. The molecule has 7 nitrogen and oxygen atoms in total. The predicted octanol–water partition coefficient (Wildman–Crippen LogP) is 0.651. The van der Waals surface area contributed by atoms with Crippen LogP contribution in [0.2, 0.25) is 0 Å². The van der Waals surface area contributed by atoms with E-state index in [1.54, 1.807) is 20.0 Å². The number of likely N-dealkylation sites (N-methyl/N-ethyl adjacent to an activating group) is 1. The fourth-order valence-corrected chi connectivity index (χ4v) is 2.49. The van der Waals surface area contributed by atoms with E-state index in [1.807, 2.05) is 0 Å². The molecule has 0 aromatic carbocycles. The summed E-state index contributed by atoms with van der Waals surface area (Å²) in [5.41, 5.74) is 5.28. The van der Waals surface area contributed by atoms with Crippen molar-refractivity contribution in [3.05, 3.63) is 11.8 Å². The highest BCUT2D eigenvalue weighted by Gasteiger charge is 2.39. The van der Waals surface area contributed by atoms with Crippen molar-refractivity contribution < 1.29 is 14.1 Å². The lowest BCUT2D eigenvalue weighted by Crippen LogP contribution is -2.53. The zero-order valence-electron chi connectivity index (χ0n) is 11.8. The molecule has 20 heavy (non-hydrogen) atoms. The molecule has 0 spiro atoms. The first-order valence-corrected chi connectivity index (χ1v) is 6.68. The van der Waals surface area contributed by atoms with Crippen LogP contribution in [0, 0.1) is 6.92 Å². The van der Waals surface area contributed by atoms with Crippen LogP contribution in [0.3, 0.4) is 0 Å². The van der Waals surface area contributed by atoms with E-state index in [2.05, 4.69) is 10.5 Å². The summed E-state index contributed by atoms with van der Waals surface area (Å²) in [6.07, 6.45) is 3.28. The van der Waals surface area contributed by atoms with Crippen LogP contribution in [-0.2, 0) is 9.59 Å². The van der Waals surface area contributed by atoms with Gasteiger partial charge in [-0.1, -0.05) is 18.0 Å². The topological polar surface area (TPSA) is 101 Å². The van der Waals surface area contributed by atoms with Gasteiger partial charge in [0, 0.05) is 13.1 Å². The third-order valence-electron chi connectivity index (χ3n) is 3.54. The number of amides is 2. The monoisotopic (exact) mass is 280 g/mol. The van der Waals surface area contributed by atoms with Gasteiger partial charge in [-0.25, -0.2) is 0 Å². The highest BCUT2D eigenvalue weighted by atomic mass is 16.5. The molecule has 0 aliphatic heterocycles. The second-order valence-corrected chi connectivity index (χ2v) is 5.40. The number of nitrogens with zero attached hydrogens (tertiary/aromatic N) is 2. The van der Waals surface area contributed by atoms with E-state index in [4.69, 9.17) is 10.3 Å². The average Bonchev–Trinajstić information content (AvgIpc) is 2.98. The SMILES string of the molecule is Cc1cc(NC(=O)CN(C)C(=O)C2(N)CCCC2)no1. The summed E-state index contributed by atoms with van der Waals surface area (Å²) in [5, 5.41) is 6.24. The summed E-state index contributed by atoms with van der Waals surface area (Å²) in [7, 11) is 1.59. The fourth-order valence-electron chi connectivity index (χ4n) is 2.49. The fraction of sp³-hybridized carbons (Fsp3) is 0.615. The lowest BCUT2D eigenvalue weighted by atomic mass is 9.97. The normalized spacial score (nSPS) is 16.9. The maximum atomic E-state index is 12.2. The molecule has 1 aliphatic rings. The second kappa shape index (κ2) is 5.62. The van der Waals surface area contributed by atoms with E-state index in [1.165, 1.54) is 4.90 Å². The molecule has 7 heteroatoms. The summed E-state index contributed by atoms with van der Waals surface area (Å²) in [4.78, 5) is 25.4.